The van der Waals surface area contributed by atoms with E-state index in [0.717, 1.165) is 34.1 Å². The van der Waals surface area contributed by atoms with Gasteiger partial charge in [0.2, 0.25) is 5.91 Å². The Hall–Kier alpha value is -4.37. The van der Waals surface area contributed by atoms with Gasteiger partial charge in [-0.25, -0.2) is 0 Å². The number of aromatic nitrogens is 2. The fourth-order valence-electron chi connectivity index (χ4n) is 5.38. The number of hydrogen-bond donors (Lipinski definition) is 2. The van der Waals surface area contributed by atoms with Crippen molar-refractivity contribution in [1.82, 2.24) is 19.8 Å². The first kappa shape index (κ1) is 27.2. The Morgan fingerprint density at radius 2 is 1.77 bits per heavy atom. The Morgan fingerprint density at radius 3 is 2.48 bits per heavy atom. The van der Waals surface area contributed by atoms with Crippen LogP contribution in [0.3, 0.4) is 0 Å². The van der Waals surface area contributed by atoms with Gasteiger partial charge in [0.05, 0.1) is 37.7 Å². The van der Waals surface area contributed by atoms with Crippen LogP contribution >= 0.6 is 12.2 Å². The predicted molar refractivity (Wildman–Crippen MR) is 160 cm³/mol. The minimum atomic E-state index is -0.171. The van der Waals surface area contributed by atoms with Gasteiger partial charge in [0.25, 0.3) is 0 Å². The molecule has 0 aliphatic carbocycles. The summed E-state index contributed by atoms with van der Waals surface area (Å²) in [5, 5.41) is 7.06. The summed E-state index contributed by atoms with van der Waals surface area (Å²) in [4.78, 5) is 19.8. The summed E-state index contributed by atoms with van der Waals surface area (Å²) in [5.74, 6) is 1.31. The topological polar surface area (TPSA) is 80.7 Å². The number of pyridine rings is 1. The van der Waals surface area contributed by atoms with Crippen molar-refractivity contribution in [2.24, 2.45) is 0 Å². The molecule has 40 heavy (non-hydrogen) atoms. The quantitative estimate of drug-likeness (QED) is 0.264. The summed E-state index contributed by atoms with van der Waals surface area (Å²) in [6.45, 7) is 4.66. The molecule has 0 saturated carbocycles. The second kappa shape index (κ2) is 11.8. The number of amides is 1. The molecule has 206 valence electrons. The molecule has 2 N–H and O–H groups in total. The number of rotatable bonds is 9. The summed E-state index contributed by atoms with van der Waals surface area (Å²) >= 11 is 5.83. The van der Waals surface area contributed by atoms with Gasteiger partial charge in [0, 0.05) is 36.2 Å². The number of aryl methyl sites for hydroxylation is 1. The summed E-state index contributed by atoms with van der Waals surface area (Å²) in [7, 11) is 3.25. The zero-order valence-corrected chi connectivity index (χ0v) is 23.9. The Morgan fingerprint density at radius 1 is 1.02 bits per heavy atom. The van der Waals surface area contributed by atoms with Crippen molar-refractivity contribution in [2.75, 3.05) is 26.1 Å². The molecule has 0 unspecified atom stereocenters. The van der Waals surface area contributed by atoms with E-state index in [4.69, 9.17) is 21.7 Å². The van der Waals surface area contributed by atoms with E-state index in [1.807, 2.05) is 54.6 Å². The van der Waals surface area contributed by atoms with Gasteiger partial charge in [-0.3, -0.25) is 9.78 Å². The lowest BCUT2D eigenvalue weighted by atomic mass is 9.96. The second-order valence-corrected chi connectivity index (χ2v) is 10.1. The number of anilines is 1. The maximum absolute atomic E-state index is 13.0. The van der Waals surface area contributed by atoms with E-state index in [2.05, 4.69) is 57.1 Å². The molecule has 2 aromatic heterocycles. The zero-order chi connectivity index (χ0) is 28.2. The van der Waals surface area contributed by atoms with E-state index in [1.165, 1.54) is 0 Å². The lowest BCUT2D eigenvalue weighted by Crippen LogP contribution is -2.33. The molecule has 9 heteroatoms. The summed E-state index contributed by atoms with van der Waals surface area (Å²) < 4.78 is 13.0. The van der Waals surface area contributed by atoms with Gasteiger partial charge < -0.3 is 29.6 Å². The van der Waals surface area contributed by atoms with E-state index >= 15 is 0 Å². The highest BCUT2D eigenvalue weighted by atomic mass is 32.1. The number of ether oxygens (including phenoxy) is 2. The highest BCUT2D eigenvalue weighted by Gasteiger charge is 2.41. The van der Waals surface area contributed by atoms with Gasteiger partial charge >= 0.3 is 0 Å². The van der Waals surface area contributed by atoms with Crippen molar-refractivity contribution >= 4 is 28.9 Å². The van der Waals surface area contributed by atoms with Crippen LogP contribution in [0.25, 0.3) is 5.69 Å². The van der Waals surface area contributed by atoms with Gasteiger partial charge in [0.15, 0.2) is 5.11 Å². The number of hydrogen-bond acceptors (Lipinski definition) is 5. The highest BCUT2D eigenvalue weighted by molar-refractivity contribution is 7.80. The van der Waals surface area contributed by atoms with E-state index in [1.54, 1.807) is 20.4 Å². The maximum Gasteiger partial charge on any atom is 0.226 e. The summed E-state index contributed by atoms with van der Waals surface area (Å²) in [5.41, 5.74) is 5.91. The molecule has 8 nitrogen and oxygen atoms in total. The lowest BCUT2D eigenvalue weighted by molar-refractivity contribution is -0.116. The van der Waals surface area contributed by atoms with E-state index in [-0.39, 0.29) is 24.4 Å². The molecule has 0 bridgehead atoms. The van der Waals surface area contributed by atoms with Gasteiger partial charge in [-0.05, 0) is 86.2 Å². The van der Waals surface area contributed by atoms with Crippen molar-refractivity contribution in [3.63, 3.8) is 0 Å². The van der Waals surface area contributed by atoms with Crippen molar-refractivity contribution in [2.45, 2.75) is 32.4 Å². The third kappa shape index (κ3) is 5.37. The molecule has 1 aliphatic heterocycles. The Labute approximate surface area is 239 Å². The fourth-order valence-corrected chi connectivity index (χ4v) is 5.71. The standard InChI is InChI=1S/C31H33N5O3S/c1-20-19-24(21(2)36(20)22-12-14-23(38-3)15-13-22)30-29(26-10-7-8-17-32-26)34-31(40)35(30)18-16-28(37)33-25-9-5-6-11-27(25)39-4/h5-15,17,19,29-30H,16,18H2,1-4H3,(H,33,37)(H,34,40)/t29-,30-/m1/s1. The fraction of sp³-hybridized carbons (Fsp3) is 0.258. The Bertz CT molecular complexity index is 1500. The molecule has 2 atom stereocenters. The zero-order valence-electron chi connectivity index (χ0n) is 23.0. The molecule has 1 fully saturated rings. The second-order valence-electron chi connectivity index (χ2n) is 9.68. The highest BCUT2D eigenvalue weighted by Crippen LogP contribution is 2.41. The molecule has 0 spiro atoms. The van der Waals surface area contributed by atoms with Crippen LogP contribution in [0, 0.1) is 13.8 Å². The molecule has 4 aromatic rings. The van der Waals surface area contributed by atoms with Gasteiger partial charge in [0.1, 0.15) is 11.5 Å². The third-order valence-corrected chi connectivity index (χ3v) is 7.63. The van der Waals surface area contributed by atoms with Crippen LogP contribution in [0.2, 0.25) is 0 Å². The Kier molecular flexibility index (Phi) is 8.02. The maximum atomic E-state index is 13.0. The molecule has 5 rings (SSSR count). The van der Waals surface area contributed by atoms with Crippen LogP contribution in [0.5, 0.6) is 11.5 Å². The molecule has 1 saturated heterocycles. The minimum absolute atomic E-state index is 0.115. The first-order chi connectivity index (χ1) is 19.4. The third-order valence-electron chi connectivity index (χ3n) is 7.28. The van der Waals surface area contributed by atoms with Crippen molar-refractivity contribution < 1.29 is 14.3 Å². The van der Waals surface area contributed by atoms with Crippen molar-refractivity contribution in [1.29, 1.82) is 0 Å². The van der Waals surface area contributed by atoms with Crippen LogP contribution in [0.1, 0.15) is 41.1 Å². The lowest BCUT2D eigenvalue weighted by Gasteiger charge is -2.28. The van der Waals surface area contributed by atoms with E-state index in [9.17, 15) is 4.79 Å². The van der Waals surface area contributed by atoms with E-state index < -0.39 is 0 Å². The molecule has 0 radical (unpaired) electrons. The monoisotopic (exact) mass is 555 g/mol. The summed E-state index contributed by atoms with van der Waals surface area (Å²) in [6.07, 6.45) is 2.05. The van der Waals surface area contributed by atoms with Crippen LogP contribution in [-0.4, -0.2) is 46.2 Å². The van der Waals surface area contributed by atoms with Crippen LogP contribution in [0.4, 0.5) is 5.69 Å². The molecule has 3 heterocycles. The number of carbonyl (C=O) groups excluding carboxylic acids is 1. The minimum Gasteiger partial charge on any atom is -0.497 e. The van der Waals surface area contributed by atoms with E-state index in [0.29, 0.717) is 23.1 Å². The predicted octanol–water partition coefficient (Wildman–Crippen LogP) is 5.51. The largest absolute Gasteiger partial charge is 0.497 e. The smallest absolute Gasteiger partial charge is 0.226 e. The normalized spacial score (nSPS) is 16.5. The van der Waals surface area contributed by atoms with Gasteiger partial charge in [-0.1, -0.05) is 18.2 Å². The summed E-state index contributed by atoms with van der Waals surface area (Å²) in [6, 6.07) is 23.2. The number of nitrogens with one attached hydrogen (secondary N) is 2. The first-order valence-electron chi connectivity index (χ1n) is 13.2. The number of nitrogens with zero attached hydrogens (tertiary/aromatic N) is 3. The van der Waals surface area contributed by atoms with Crippen LogP contribution in [0.15, 0.2) is 79.0 Å². The van der Waals surface area contributed by atoms with Crippen LogP contribution < -0.4 is 20.1 Å². The average molecular weight is 556 g/mol. The average Bonchev–Trinajstić information content (AvgIpc) is 3.46. The number of carbonyl (C=O) groups is 1. The number of para-hydroxylation sites is 2. The van der Waals surface area contributed by atoms with Crippen molar-refractivity contribution in [3.05, 3.63) is 102 Å². The number of benzene rings is 2. The molecular weight excluding hydrogens is 522 g/mol. The number of methoxy groups -OCH3 is 2. The van der Waals surface area contributed by atoms with Gasteiger partial charge in [-0.2, -0.15) is 0 Å². The molecular formula is C31H33N5O3S. The SMILES string of the molecule is COc1ccc(-n2c(C)cc([C@@H]3[C@@H](c4ccccn4)NC(=S)N3CCC(=O)Nc3ccccc3OC)c2C)cc1. The molecule has 1 aliphatic rings. The van der Waals surface area contributed by atoms with Gasteiger partial charge in [-0.15, -0.1) is 0 Å². The first-order valence-corrected chi connectivity index (χ1v) is 13.6. The number of thiocarbonyl (C=S) groups is 1. The van der Waals surface area contributed by atoms with Crippen molar-refractivity contribution in [3.8, 4) is 17.2 Å². The molecule has 2 aromatic carbocycles. The van der Waals surface area contributed by atoms with Crippen LogP contribution in [-0.2, 0) is 4.79 Å². The molecule has 1 amide bonds. The Balaban J connectivity index is 1.46.